The summed E-state index contributed by atoms with van der Waals surface area (Å²) in [4.78, 5) is 14.5. The van der Waals surface area contributed by atoms with Crippen LogP contribution < -0.4 is 5.56 Å². The van der Waals surface area contributed by atoms with E-state index in [9.17, 15) is 9.90 Å². The van der Waals surface area contributed by atoms with Crippen LogP contribution in [0.2, 0.25) is 0 Å². The summed E-state index contributed by atoms with van der Waals surface area (Å²) in [5.74, 6) is 0.497. The van der Waals surface area contributed by atoms with Gasteiger partial charge in [0.2, 0.25) is 0 Å². The van der Waals surface area contributed by atoms with E-state index in [1.807, 2.05) is 0 Å². The number of hydrogen-bond donors (Lipinski definition) is 2. The molecule has 1 atom stereocenters. The summed E-state index contributed by atoms with van der Waals surface area (Å²) in [6, 6.07) is 1.61. The minimum Gasteiger partial charge on any atom is -0.507 e. The molecule has 0 amide bonds. The number of aromatic amines is 1. The van der Waals surface area contributed by atoms with Gasteiger partial charge in [0.05, 0.1) is 5.56 Å². The van der Waals surface area contributed by atoms with E-state index < -0.39 is 0 Å². The van der Waals surface area contributed by atoms with Crippen molar-refractivity contribution in [3.05, 3.63) is 27.7 Å². The highest BCUT2D eigenvalue weighted by atomic mass is 16.3. The highest BCUT2D eigenvalue weighted by Gasteiger charge is 2.18. The Morgan fingerprint density at radius 3 is 2.47 bits per heavy atom. The van der Waals surface area contributed by atoms with Crippen LogP contribution in [0, 0.1) is 18.3 Å². The lowest BCUT2D eigenvalue weighted by atomic mass is 9.83. The maximum atomic E-state index is 11.7. The van der Waals surface area contributed by atoms with Crippen molar-refractivity contribution in [2.24, 2.45) is 11.3 Å². The average Bonchev–Trinajstić information content (AvgIpc) is 2.08. The van der Waals surface area contributed by atoms with Gasteiger partial charge in [-0.05, 0) is 37.2 Å². The van der Waals surface area contributed by atoms with Crippen molar-refractivity contribution in [2.75, 3.05) is 0 Å². The number of aryl methyl sites for hydroxylation is 1. The second kappa shape index (κ2) is 4.94. The van der Waals surface area contributed by atoms with Gasteiger partial charge in [-0.25, -0.2) is 0 Å². The third kappa shape index (κ3) is 4.25. The van der Waals surface area contributed by atoms with Crippen LogP contribution in [0.15, 0.2) is 10.9 Å². The van der Waals surface area contributed by atoms with E-state index >= 15 is 0 Å². The summed E-state index contributed by atoms with van der Waals surface area (Å²) >= 11 is 0. The van der Waals surface area contributed by atoms with Crippen molar-refractivity contribution < 1.29 is 5.11 Å². The van der Waals surface area contributed by atoms with Crippen LogP contribution in [0.4, 0.5) is 0 Å². The van der Waals surface area contributed by atoms with Gasteiger partial charge in [-0.15, -0.1) is 0 Å². The van der Waals surface area contributed by atoms with Gasteiger partial charge in [0, 0.05) is 5.69 Å². The Kier molecular flexibility index (Phi) is 4.02. The Balaban J connectivity index is 2.86. The molecule has 0 aliphatic heterocycles. The molecule has 0 radical (unpaired) electrons. The second-order valence-corrected chi connectivity index (χ2v) is 6.22. The minimum atomic E-state index is -0.164. The first-order chi connectivity index (χ1) is 7.69. The van der Waals surface area contributed by atoms with Gasteiger partial charge in [0.25, 0.3) is 5.56 Å². The van der Waals surface area contributed by atoms with Gasteiger partial charge >= 0.3 is 0 Å². The van der Waals surface area contributed by atoms with Crippen LogP contribution >= 0.6 is 0 Å². The van der Waals surface area contributed by atoms with Crippen molar-refractivity contribution >= 4 is 0 Å². The topological polar surface area (TPSA) is 53.1 Å². The zero-order chi connectivity index (χ0) is 13.2. The number of H-pyrrole nitrogens is 1. The molecule has 1 heterocycles. The Morgan fingerprint density at radius 2 is 2.00 bits per heavy atom. The summed E-state index contributed by atoms with van der Waals surface area (Å²) < 4.78 is 0. The van der Waals surface area contributed by atoms with Crippen molar-refractivity contribution in [3.63, 3.8) is 0 Å². The van der Waals surface area contributed by atoms with E-state index in [2.05, 4.69) is 32.7 Å². The molecule has 1 unspecified atom stereocenters. The lowest BCUT2D eigenvalue weighted by Gasteiger charge is -2.23. The van der Waals surface area contributed by atoms with Crippen molar-refractivity contribution in [1.29, 1.82) is 0 Å². The van der Waals surface area contributed by atoms with E-state index in [-0.39, 0.29) is 16.7 Å². The van der Waals surface area contributed by atoms with Crippen molar-refractivity contribution in [2.45, 2.75) is 47.5 Å². The minimum absolute atomic E-state index is 0.118. The molecule has 0 aliphatic carbocycles. The Hall–Kier alpha value is -1.25. The molecular formula is C14H23NO2. The largest absolute Gasteiger partial charge is 0.507 e. The fourth-order valence-corrected chi connectivity index (χ4v) is 2.36. The first-order valence-corrected chi connectivity index (χ1v) is 6.11. The highest BCUT2D eigenvalue weighted by molar-refractivity contribution is 5.31. The molecule has 1 aromatic rings. The maximum absolute atomic E-state index is 11.7. The first kappa shape index (κ1) is 13.8. The molecule has 1 aromatic heterocycles. The summed E-state index contributed by atoms with van der Waals surface area (Å²) in [5.41, 5.74) is 1.28. The van der Waals surface area contributed by atoms with Crippen LogP contribution in [0.25, 0.3) is 0 Å². The van der Waals surface area contributed by atoms with Gasteiger partial charge < -0.3 is 10.1 Å². The van der Waals surface area contributed by atoms with Gasteiger partial charge in [-0.3, -0.25) is 4.79 Å². The van der Waals surface area contributed by atoms with E-state index in [4.69, 9.17) is 0 Å². The summed E-state index contributed by atoms with van der Waals surface area (Å²) in [6.45, 7) is 10.4. The molecule has 0 bridgehead atoms. The number of pyridine rings is 1. The van der Waals surface area contributed by atoms with Gasteiger partial charge in [-0.1, -0.05) is 27.7 Å². The van der Waals surface area contributed by atoms with Crippen LogP contribution in [-0.4, -0.2) is 10.1 Å². The first-order valence-electron chi connectivity index (χ1n) is 6.11. The highest BCUT2D eigenvalue weighted by Crippen LogP contribution is 2.27. The number of rotatable bonds is 3. The van der Waals surface area contributed by atoms with Gasteiger partial charge in [-0.2, -0.15) is 0 Å². The number of aromatic nitrogens is 1. The summed E-state index contributed by atoms with van der Waals surface area (Å²) in [5, 5.41) is 9.80. The molecule has 0 fully saturated rings. The lowest BCUT2D eigenvalue weighted by molar-refractivity contribution is 0.303. The fourth-order valence-electron chi connectivity index (χ4n) is 2.36. The molecular weight excluding hydrogens is 214 g/mol. The van der Waals surface area contributed by atoms with E-state index in [1.54, 1.807) is 13.0 Å². The fraction of sp³-hybridized carbons (Fsp3) is 0.643. The Morgan fingerprint density at radius 1 is 1.41 bits per heavy atom. The molecule has 3 heteroatoms. The number of hydrogen-bond acceptors (Lipinski definition) is 2. The SMILES string of the molecule is Cc1cc(O)c(CC(C)CC(C)(C)C)c(=O)[nH]1. The van der Waals surface area contributed by atoms with E-state index in [0.29, 0.717) is 23.6 Å². The second-order valence-electron chi connectivity index (χ2n) is 6.22. The standard InChI is InChI=1S/C14H23NO2/c1-9(8-14(3,4)5)6-11-12(16)7-10(2)15-13(11)17/h7,9H,6,8H2,1-5H3,(H2,15,16,17). The number of nitrogens with one attached hydrogen (secondary N) is 1. The molecule has 0 saturated carbocycles. The van der Waals surface area contributed by atoms with Crippen LogP contribution in [0.5, 0.6) is 5.75 Å². The predicted octanol–water partition coefficient (Wildman–Crippen LogP) is 3.00. The lowest BCUT2D eigenvalue weighted by Crippen LogP contribution is -2.19. The summed E-state index contributed by atoms with van der Waals surface area (Å²) in [6.07, 6.45) is 1.65. The van der Waals surface area contributed by atoms with Crippen molar-refractivity contribution in [1.82, 2.24) is 4.98 Å². The number of aromatic hydroxyl groups is 1. The maximum Gasteiger partial charge on any atom is 0.255 e. The van der Waals surface area contributed by atoms with E-state index in [1.165, 1.54) is 0 Å². The van der Waals surface area contributed by atoms with Crippen LogP contribution in [0.3, 0.4) is 0 Å². The van der Waals surface area contributed by atoms with Gasteiger partial charge in [0.15, 0.2) is 0 Å². The summed E-state index contributed by atoms with van der Waals surface area (Å²) in [7, 11) is 0. The molecule has 0 spiro atoms. The Labute approximate surface area is 103 Å². The third-order valence-corrected chi connectivity index (χ3v) is 2.76. The Bertz CT molecular complexity index is 441. The van der Waals surface area contributed by atoms with Crippen LogP contribution in [0.1, 0.15) is 45.4 Å². The van der Waals surface area contributed by atoms with Crippen molar-refractivity contribution in [3.8, 4) is 5.75 Å². The van der Waals surface area contributed by atoms with E-state index in [0.717, 1.165) is 6.42 Å². The molecule has 2 N–H and O–H groups in total. The average molecular weight is 237 g/mol. The monoisotopic (exact) mass is 237 g/mol. The van der Waals surface area contributed by atoms with Gasteiger partial charge in [0.1, 0.15) is 5.75 Å². The smallest absolute Gasteiger partial charge is 0.255 e. The zero-order valence-electron chi connectivity index (χ0n) is 11.4. The zero-order valence-corrected chi connectivity index (χ0v) is 11.4. The molecule has 0 aromatic carbocycles. The quantitative estimate of drug-likeness (QED) is 0.849. The molecule has 0 saturated heterocycles. The normalized spacial score (nSPS) is 13.7. The predicted molar refractivity (Wildman–Crippen MR) is 70.4 cm³/mol. The molecule has 96 valence electrons. The molecule has 1 rings (SSSR count). The molecule has 17 heavy (non-hydrogen) atoms. The molecule has 3 nitrogen and oxygen atoms in total. The third-order valence-electron chi connectivity index (χ3n) is 2.76. The van der Waals surface area contributed by atoms with Crippen LogP contribution in [-0.2, 0) is 6.42 Å². The molecule has 0 aliphatic rings.